The zero-order valence-corrected chi connectivity index (χ0v) is 13.8. The molecule has 0 saturated carbocycles. The van der Waals surface area contributed by atoms with Gasteiger partial charge in [0.25, 0.3) is 0 Å². The van der Waals surface area contributed by atoms with Crippen molar-refractivity contribution in [1.82, 2.24) is 9.88 Å². The number of benzene rings is 1. The summed E-state index contributed by atoms with van der Waals surface area (Å²) in [5.41, 5.74) is 4.09. The van der Waals surface area contributed by atoms with Crippen LogP contribution in [0.1, 0.15) is 30.6 Å². The van der Waals surface area contributed by atoms with Gasteiger partial charge < -0.3 is 4.98 Å². The highest BCUT2D eigenvalue weighted by Crippen LogP contribution is 2.38. The second-order valence-electron chi connectivity index (χ2n) is 5.74. The number of nitrogens with zero attached hydrogens (tertiary/aromatic N) is 1. The van der Waals surface area contributed by atoms with Gasteiger partial charge in [-0.1, -0.05) is 18.5 Å². The number of thioether (sulfide) groups is 1. The minimum atomic E-state index is 0.493. The summed E-state index contributed by atoms with van der Waals surface area (Å²) in [6.07, 6.45) is 4.49. The molecule has 0 radical (unpaired) electrons. The molecule has 20 heavy (non-hydrogen) atoms. The Kier molecular flexibility index (Phi) is 4.02. The summed E-state index contributed by atoms with van der Waals surface area (Å²) in [5.74, 6) is 0. The predicted molar refractivity (Wildman–Crippen MR) is 90.0 cm³/mol. The van der Waals surface area contributed by atoms with Crippen molar-refractivity contribution >= 4 is 34.3 Å². The van der Waals surface area contributed by atoms with Crippen molar-refractivity contribution < 1.29 is 0 Å². The van der Waals surface area contributed by atoms with Gasteiger partial charge in [0, 0.05) is 33.4 Å². The van der Waals surface area contributed by atoms with Gasteiger partial charge in [-0.2, -0.15) is 11.8 Å². The topological polar surface area (TPSA) is 19.0 Å². The Bertz CT molecular complexity index is 622. The van der Waals surface area contributed by atoms with Crippen LogP contribution in [-0.2, 0) is 6.42 Å². The van der Waals surface area contributed by atoms with Crippen LogP contribution in [0.3, 0.4) is 0 Å². The van der Waals surface area contributed by atoms with Crippen LogP contribution in [-0.4, -0.2) is 35.0 Å². The molecule has 2 aromatic rings. The number of nitrogens with one attached hydrogen (secondary N) is 1. The van der Waals surface area contributed by atoms with Gasteiger partial charge in [0.2, 0.25) is 0 Å². The molecule has 2 heterocycles. The summed E-state index contributed by atoms with van der Waals surface area (Å²) in [6, 6.07) is 6.67. The lowest BCUT2D eigenvalue weighted by Gasteiger charge is -2.34. The number of fused-ring (bicyclic) bond motifs is 3. The SMILES string of the molecule is CSC(C)CC1c2[nH]c3ccc(Cl)cc3c2CCN1C. The molecule has 0 fully saturated rings. The quantitative estimate of drug-likeness (QED) is 0.900. The van der Waals surface area contributed by atoms with Gasteiger partial charge in [-0.3, -0.25) is 4.90 Å². The number of aromatic amines is 1. The third kappa shape index (κ3) is 2.47. The first-order valence-corrected chi connectivity index (χ1v) is 8.79. The fourth-order valence-electron chi connectivity index (χ4n) is 3.17. The van der Waals surface area contributed by atoms with Crippen LogP contribution in [0.2, 0.25) is 5.02 Å². The molecule has 1 aliphatic heterocycles. The zero-order valence-electron chi connectivity index (χ0n) is 12.2. The van der Waals surface area contributed by atoms with Crippen molar-refractivity contribution in [2.75, 3.05) is 19.8 Å². The van der Waals surface area contributed by atoms with E-state index in [1.54, 1.807) is 0 Å². The molecule has 0 bridgehead atoms. The number of halogens is 1. The number of hydrogen-bond donors (Lipinski definition) is 1. The highest BCUT2D eigenvalue weighted by atomic mass is 35.5. The first-order chi connectivity index (χ1) is 9.60. The fraction of sp³-hybridized carbons (Fsp3) is 0.500. The molecule has 108 valence electrons. The molecule has 0 aliphatic carbocycles. The van der Waals surface area contributed by atoms with E-state index in [1.807, 2.05) is 17.8 Å². The monoisotopic (exact) mass is 308 g/mol. The Morgan fingerprint density at radius 1 is 1.50 bits per heavy atom. The van der Waals surface area contributed by atoms with Crippen molar-refractivity contribution in [3.05, 3.63) is 34.5 Å². The van der Waals surface area contributed by atoms with E-state index in [0.717, 1.165) is 18.0 Å². The van der Waals surface area contributed by atoms with Crippen LogP contribution in [0, 0.1) is 0 Å². The van der Waals surface area contributed by atoms with Gasteiger partial charge in [0.15, 0.2) is 0 Å². The van der Waals surface area contributed by atoms with Crippen LogP contribution in [0.15, 0.2) is 18.2 Å². The van der Waals surface area contributed by atoms with Crippen LogP contribution in [0.4, 0.5) is 0 Å². The normalized spacial score (nSPS) is 21.1. The van der Waals surface area contributed by atoms with Gasteiger partial charge >= 0.3 is 0 Å². The van der Waals surface area contributed by atoms with E-state index in [0.29, 0.717) is 11.3 Å². The molecule has 1 N–H and O–H groups in total. The van der Waals surface area contributed by atoms with Gasteiger partial charge in [-0.15, -0.1) is 0 Å². The summed E-state index contributed by atoms with van der Waals surface area (Å²) in [5, 5.41) is 2.80. The van der Waals surface area contributed by atoms with Crippen molar-refractivity contribution in [1.29, 1.82) is 0 Å². The van der Waals surface area contributed by atoms with E-state index in [2.05, 4.69) is 42.2 Å². The molecule has 1 aromatic carbocycles. The standard InChI is InChI=1S/C16H21ClN2S/c1-10(20-3)8-15-16-12(6-7-19(15)2)13-9-11(17)4-5-14(13)18-16/h4-5,9-10,15,18H,6-8H2,1-3H3. The minimum Gasteiger partial charge on any atom is -0.357 e. The molecule has 1 aliphatic rings. The highest BCUT2D eigenvalue weighted by molar-refractivity contribution is 7.99. The summed E-state index contributed by atoms with van der Waals surface area (Å²) in [6.45, 7) is 3.44. The number of aromatic nitrogens is 1. The van der Waals surface area contributed by atoms with E-state index in [9.17, 15) is 0 Å². The van der Waals surface area contributed by atoms with Crippen molar-refractivity contribution in [3.8, 4) is 0 Å². The second kappa shape index (κ2) is 5.63. The number of rotatable bonds is 3. The van der Waals surface area contributed by atoms with Crippen LogP contribution >= 0.6 is 23.4 Å². The van der Waals surface area contributed by atoms with Gasteiger partial charge in [-0.05, 0) is 49.9 Å². The molecular formula is C16H21ClN2S. The van der Waals surface area contributed by atoms with Gasteiger partial charge in [0.05, 0.1) is 6.04 Å². The third-order valence-corrected chi connectivity index (χ3v) is 5.67. The maximum Gasteiger partial charge on any atom is 0.0509 e. The van der Waals surface area contributed by atoms with Crippen molar-refractivity contribution in [3.63, 3.8) is 0 Å². The van der Waals surface area contributed by atoms with E-state index in [4.69, 9.17) is 11.6 Å². The molecule has 0 amide bonds. The van der Waals surface area contributed by atoms with Gasteiger partial charge in [-0.25, -0.2) is 0 Å². The first-order valence-electron chi connectivity index (χ1n) is 7.13. The molecule has 3 rings (SSSR count). The van der Waals surface area contributed by atoms with Crippen molar-refractivity contribution in [2.24, 2.45) is 0 Å². The molecule has 2 unspecified atom stereocenters. The molecular weight excluding hydrogens is 288 g/mol. The van der Waals surface area contributed by atoms with E-state index in [1.165, 1.54) is 28.6 Å². The Labute approximate surface area is 129 Å². The fourth-order valence-corrected chi connectivity index (χ4v) is 3.71. The van der Waals surface area contributed by atoms with E-state index < -0.39 is 0 Å². The molecule has 0 spiro atoms. The Morgan fingerprint density at radius 3 is 3.05 bits per heavy atom. The maximum atomic E-state index is 6.16. The average Bonchev–Trinajstić information content (AvgIpc) is 2.80. The van der Waals surface area contributed by atoms with Crippen molar-refractivity contribution in [2.45, 2.75) is 31.1 Å². The smallest absolute Gasteiger partial charge is 0.0509 e. The number of hydrogen-bond acceptors (Lipinski definition) is 2. The molecule has 2 nitrogen and oxygen atoms in total. The summed E-state index contributed by atoms with van der Waals surface area (Å²) in [4.78, 5) is 6.12. The Hall–Kier alpha value is -0.640. The number of H-pyrrole nitrogens is 1. The largest absolute Gasteiger partial charge is 0.357 e. The molecule has 2 atom stereocenters. The molecule has 4 heteroatoms. The highest BCUT2D eigenvalue weighted by Gasteiger charge is 2.29. The average molecular weight is 309 g/mol. The molecule has 0 saturated heterocycles. The lowest BCUT2D eigenvalue weighted by Crippen LogP contribution is -2.33. The van der Waals surface area contributed by atoms with Crippen LogP contribution in [0.5, 0.6) is 0 Å². The third-order valence-electron chi connectivity index (χ3n) is 4.44. The Balaban J connectivity index is 2.06. The minimum absolute atomic E-state index is 0.493. The lowest BCUT2D eigenvalue weighted by molar-refractivity contribution is 0.216. The lowest BCUT2D eigenvalue weighted by atomic mass is 9.95. The predicted octanol–water partition coefficient (Wildman–Crippen LogP) is 4.49. The first kappa shape index (κ1) is 14.3. The zero-order chi connectivity index (χ0) is 14.3. The van der Waals surface area contributed by atoms with E-state index in [-0.39, 0.29) is 0 Å². The number of likely N-dealkylation sites (N-methyl/N-ethyl adjacent to an activating group) is 1. The summed E-state index contributed by atoms with van der Waals surface area (Å²) >= 11 is 8.11. The van der Waals surface area contributed by atoms with Crippen LogP contribution in [0.25, 0.3) is 10.9 Å². The van der Waals surface area contributed by atoms with Crippen LogP contribution < -0.4 is 0 Å². The second-order valence-corrected chi connectivity index (χ2v) is 7.45. The maximum absolute atomic E-state index is 6.16. The van der Waals surface area contributed by atoms with Gasteiger partial charge in [0.1, 0.15) is 0 Å². The molecule has 1 aromatic heterocycles. The summed E-state index contributed by atoms with van der Waals surface area (Å²) in [7, 11) is 2.24. The van der Waals surface area contributed by atoms with E-state index >= 15 is 0 Å². The summed E-state index contributed by atoms with van der Waals surface area (Å²) < 4.78 is 0. The Morgan fingerprint density at radius 2 is 2.30 bits per heavy atom.